The van der Waals surface area contributed by atoms with Crippen molar-refractivity contribution in [3.05, 3.63) is 10.4 Å². The zero-order valence-corrected chi connectivity index (χ0v) is 14.3. The maximum Gasteiger partial charge on any atom is 0.171 e. The maximum atomic E-state index is 11.8. The van der Waals surface area contributed by atoms with Gasteiger partial charge in [-0.3, -0.25) is 4.79 Å². The Morgan fingerprint density at radius 2 is 1.95 bits per heavy atom. The number of anilines is 2. The van der Waals surface area contributed by atoms with Gasteiger partial charge in [0.2, 0.25) is 0 Å². The number of carbonyl (C=O) groups is 1. The van der Waals surface area contributed by atoms with Gasteiger partial charge in [0, 0.05) is 25.6 Å². The van der Waals surface area contributed by atoms with Crippen molar-refractivity contribution in [3.63, 3.8) is 0 Å². The highest BCUT2D eigenvalue weighted by atomic mass is 32.1. The van der Waals surface area contributed by atoms with Crippen molar-refractivity contribution in [1.82, 2.24) is 0 Å². The van der Waals surface area contributed by atoms with Gasteiger partial charge in [-0.1, -0.05) is 20.8 Å². The number of hydrogen-bond acceptors (Lipinski definition) is 4. The van der Waals surface area contributed by atoms with E-state index in [0.29, 0.717) is 17.3 Å². The number of rotatable bonds is 3. The van der Waals surface area contributed by atoms with E-state index in [1.54, 1.807) is 18.3 Å². The van der Waals surface area contributed by atoms with Crippen LogP contribution < -0.4 is 10.6 Å². The van der Waals surface area contributed by atoms with Gasteiger partial charge in [0.1, 0.15) is 0 Å². The molecule has 2 N–H and O–H groups in total. The van der Waals surface area contributed by atoms with Crippen LogP contribution in [0.25, 0.3) is 0 Å². The van der Waals surface area contributed by atoms with Gasteiger partial charge in [0.25, 0.3) is 0 Å². The summed E-state index contributed by atoms with van der Waals surface area (Å²) in [4.78, 5) is 15.1. The Balaban J connectivity index is 1.92. The highest BCUT2D eigenvalue weighted by Gasteiger charge is 2.38. The number of Topliss-reactive ketones (excluding diaryl/α,β-unsaturated/α-hetero) is 1. The molecular formula is C17H26N2OS. The summed E-state index contributed by atoms with van der Waals surface area (Å²) in [7, 11) is 0. The van der Waals surface area contributed by atoms with Crippen LogP contribution in [-0.4, -0.2) is 18.9 Å². The second-order valence-corrected chi connectivity index (χ2v) is 8.69. The van der Waals surface area contributed by atoms with E-state index in [2.05, 4.69) is 25.7 Å². The first kappa shape index (κ1) is 14.9. The van der Waals surface area contributed by atoms with Crippen LogP contribution >= 0.6 is 11.3 Å². The van der Waals surface area contributed by atoms with Crippen molar-refractivity contribution in [2.45, 2.75) is 52.9 Å². The van der Waals surface area contributed by atoms with E-state index >= 15 is 0 Å². The smallest absolute Gasteiger partial charge is 0.171 e. The largest absolute Gasteiger partial charge is 0.397 e. The van der Waals surface area contributed by atoms with Gasteiger partial charge < -0.3 is 10.6 Å². The Hall–Kier alpha value is -1.03. The molecule has 1 saturated heterocycles. The molecule has 2 fully saturated rings. The van der Waals surface area contributed by atoms with Crippen LogP contribution in [0, 0.1) is 11.3 Å². The van der Waals surface area contributed by atoms with Gasteiger partial charge in [0.05, 0.1) is 15.6 Å². The molecule has 116 valence electrons. The molecule has 2 aliphatic rings. The molecule has 0 aromatic carbocycles. The zero-order chi connectivity index (χ0) is 15.4. The van der Waals surface area contributed by atoms with E-state index in [4.69, 9.17) is 5.73 Å². The lowest BCUT2D eigenvalue weighted by Crippen LogP contribution is -2.25. The standard InChI is InChI=1S/C17H26N2OS/c1-10(20)15-14(18)13(11-5-6-11)16(21-15)19-8-7-12(9-19)17(2,3)4/h11-12H,5-9,18H2,1-4H3. The van der Waals surface area contributed by atoms with E-state index in [9.17, 15) is 4.79 Å². The summed E-state index contributed by atoms with van der Waals surface area (Å²) >= 11 is 1.62. The summed E-state index contributed by atoms with van der Waals surface area (Å²) in [6, 6.07) is 0. The number of ketones is 1. The molecule has 1 aliphatic carbocycles. The van der Waals surface area contributed by atoms with Crippen molar-refractivity contribution in [2.75, 3.05) is 23.7 Å². The number of carbonyl (C=O) groups excluding carboxylic acids is 1. The molecule has 1 saturated carbocycles. The summed E-state index contributed by atoms with van der Waals surface area (Å²) in [5.41, 5.74) is 8.69. The average molecular weight is 306 g/mol. The minimum Gasteiger partial charge on any atom is -0.397 e. The maximum absolute atomic E-state index is 11.8. The summed E-state index contributed by atoms with van der Waals surface area (Å²) in [5, 5.41) is 1.28. The lowest BCUT2D eigenvalue weighted by atomic mass is 9.80. The molecule has 0 spiro atoms. The summed E-state index contributed by atoms with van der Waals surface area (Å²) in [6.07, 6.45) is 3.68. The van der Waals surface area contributed by atoms with Gasteiger partial charge in [-0.15, -0.1) is 11.3 Å². The van der Waals surface area contributed by atoms with Crippen molar-refractivity contribution in [1.29, 1.82) is 0 Å². The SMILES string of the molecule is CC(=O)c1sc(N2CCC(C(C)(C)C)C2)c(C2CC2)c1N. The Morgan fingerprint density at radius 1 is 1.29 bits per heavy atom. The molecule has 1 atom stereocenters. The van der Waals surface area contributed by atoms with E-state index in [-0.39, 0.29) is 5.78 Å². The fourth-order valence-corrected chi connectivity index (χ4v) is 4.60. The van der Waals surface area contributed by atoms with Crippen LogP contribution in [0.4, 0.5) is 10.7 Å². The van der Waals surface area contributed by atoms with Gasteiger partial charge in [0.15, 0.2) is 5.78 Å². The van der Waals surface area contributed by atoms with Crippen LogP contribution in [0.3, 0.4) is 0 Å². The molecule has 21 heavy (non-hydrogen) atoms. The van der Waals surface area contributed by atoms with E-state index < -0.39 is 0 Å². The Bertz CT molecular complexity index is 566. The van der Waals surface area contributed by atoms with E-state index in [1.807, 2.05) is 0 Å². The van der Waals surface area contributed by atoms with Crippen molar-refractivity contribution < 1.29 is 4.79 Å². The van der Waals surface area contributed by atoms with E-state index in [0.717, 1.165) is 23.7 Å². The molecule has 2 heterocycles. The monoisotopic (exact) mass is 306 g/mol. The third-order valence-corrected chi connectivity index (χ3v) is 6.35. The number of nitrogen functional groups attached to an aromatic ring is 1. The van der Waals surface area contributed by atoms with Crippen molar-refractivity contribution in [3.8, 4) is 0 Å². The summed E-state index contributed by atoms with van der Waals surface area (Å²) in [6.45, 7) is 10.8. The Labute approximate surface area is 131 Å². The molecule has 1 unspecified atom stereocenters. The average Bonchev–Trinajstić information content (AvgIpc) is 2.96. The molecule has 3 nitrogen and oxygen atoms in total. The molecule has 1 aromatic heterocycles. The topological polar surface area (TPSA) is 46.3 Å². The van der Waals surface area contributed by atoms with Crippen LogP contribution in [0.2, 0.25) is 0 Å². The van der Waals surface area contributed by atoms with Crippen molar-refractivity contribution in [2.24, 2.45) is 11.3 Å². The third-order valence-electron chi connectivity index (χ3n) is 4.97. The van der Waals surface area contributed by atoms with Crippen LogP contribution in [0.5, 0.6) is 0 Å². The highest BCUT2D eigenvalue weighted by molar-refractivity contribution is 7.18. The zero-order valence-electron chi connectivity index (χ0n) is 13.5. The summed E-state index contributed by atoms with van der Waals surface area (Å²) in [5.74, 6) is 1.42. The van der Waals surface area contributed by atoms with Gasteiger partial charge in [-0.25, -0.2) is 0 Å². The molecule has 4 heteroatoms. The predicted molar refractivity (Wildman–Crippen MR) is 90.5 cm³/mol. The molecular weight excluding hydrogens is 280 g/mol. The number of nitrogens with zero attached hydrogens (tertiary/aromatic N) is 1. The fraction of sp³-hybridized carbons (Fsp3) is 0.706. The molecule has 1 aliphatic heterocycles. The highest BCUT2D eigenvalue weighted by Crippen LogP contribution is 2.53. The number of thiophene rings is 1. The molecule has 0 radical (unpaired) electrons. The normalized spacial score (nSPS) is 22.9. The van der Waals surface area contributed by atoms with Crippen molar-refractivity contribution >= 4 is 27.8 Å². The Morgan fingerprint density at radius 3 is 2.43 bits per heavy atom. The fourth-order valence-electron chi connectivity index (χ4n) is 3.36. The second kappa shape index (κ2) is 5.01. The van der Waals surface area contributed by atoms with Gasteiger partial charge in [-0.2, -0.15) is 0 Å². The quantitative estimate of drug-likeness (QED) is 0.848. The Kier molecular flexibility index (Phi) is 3.55. The first-order valence-electron chi connectivity index (χ1n) is 7.97. The lowest BCUT2D eigenvalue weighted by Gasteiger charge is -2.27. The predicted octanol–water partition coefficient (Wildman–Crippen LogP) is 4.28. The molecule has 0 bridgehead atoms. The third kappa shape index (κ3) is 2.70. The lowest BCUT2D eigenvalue weighted by molar-refractivity contribution is 0.102. The molecule has 1 aromatic rings. The second-order valence-electron chi connectivity index (χ2n) is 7.69. The van der Waals surface area contributed by atoms with Crippen LogP contribution in [0.15, 0.2) is 0 Å². The molecule has 0 amide bonds. The molecule has 3 rings (SSSR count). The van der Waals surface area contributed by atoms with E-state index in [1.165, 1.54) is 29.8 Å². The number of hydrogen-bond donors (Lipinski definition) is 1. The summed E-state index contributed by atoms with van der Waals surface area (Å²) < 4.78 is 0. The first-order chi connectivity index (χ1) is 9.79. The van der Waals surface area contributed by atoms with Crippen LogP contribution in [0.1, 0.15) is 68.1 Å². The minimum atomic E-state index is 0.109. The van der Waals surface area contributed by atoms with Crippen LogP contribution in [-0.2, 0) is 0 Å². The van der Waals surface area contributed by atoms with Gasteiger partial charge in [-0.05, 0) is 36.5 Å². The minimum absolute atomic E-state index is 0.109. The van der Waals surface area contributed by atoms with Gasteiger partial charge >= 0.3 is 0 Å². The number of nitrogens with two attached hydrogens (primary N) is 1. The first-order valence-corrected chi connectivity index (χ1v) is 8.78.